The first kappa shape index (κ1) is 22.7. The first-order valence-corrected chi connectivity index (χ1v) is 11.7. The van der Waals surface area contributed by atoms with Crippen molar-refractivity contribution >= 4 is 5.69 Å². The Labute approximate surface area is 189 Å². The van der Waals surface area contributed by atoms with E-state index in [0.29, 0.717) is 38.4 Å². The predicted octanol–water partition coefficient (Wildman–Crippen LogP) is 4.91. The molecule has 0 spiro atoms. The summed E-state index contributed by atoms with van der Waals surface area (Å²) in [6.07, 6.45) is 3.48. The summed E-state index contributed by atoms with van der Waals surface area (Å²) in [7, 11) is 0. The molecule has 2 aromatic rings. The van der Waals surface area contributed by atoms with Crippen molar-refractivity contribution in [3.63, 3.8) is 0 Å². The molecule has 32 heavy (non-hydrogen) atoms. The van der Waals surface area contributed by atoms with E-state index in [1.807, 2.05) is 18.2 Å². The van der Waals surface area contributed by atoms with E-state index in [0.717, 1.165) is 35.2 Å². The van der Waals surface area contributed by atoms with Crippen LogP contribution in [0, 0.1) is 23.1 Å². The summed E-state index contributed by atoms with van der Waals surface area (Å²) in [5, 5.41) is 12.7. The van der Waals surface area contributed by atoms with E-state index in [-0.39, 0.29) is 17.6 Å². The van der Waals surface area contributed by atoms with Gasteiger partial charge in [-0.25, -0.2) is 8.78 Å². The van der Waals surface area contributed by atoms with Crippen molar-refractivity contribution in [1.29, 1.82) is 5.26 Å². The van der Waals surface area contributed by atoms with Crippen molar-refractivity contribution in [2.24, 2.45) is 11.7 Å². The van der Waals surface area contributed by atoms with Crippen LogP contribution in [0.5, 0.6) is 0 Å². The van der Waals surface area contributed by atoms with Gasteiger partial charge >= 0.3 is 0 Å². The second-order valence-corrected chi connectivity index (χ2v) is 9.35. The summed E-state index contributed by atoms with van der Waals surface area (Å²) in [6.45, 7) is 4.17. The fourth-order valence-electron chi connectivity index (χ4n) is 5.10. The van der Waals surface area contributed by atoms with E-state index in [1.54, 1.807) is 6.07 Å². The average Bonchev–Trinajstić information content (AvgIpc) is 2.79. The molecule has 4 nitrogen and oxygen atoms in total. The Morgan fingerprint density at radius 1 is 1.16 bits per heavy atom. The molecular weight excluding hydrogens is 406 g/mol. The molecule has 1 unspecified atom stereocenters. The Kier molecular flexibility index (Phi) is 7.07. The van der Waals surface area contributed by atoms with Gasteiger partial charge in [0.25, 0.3) is 0 Å². The van der Waals surface area contributed by atoms with E-state index >= 15 is 0 Å². The zero-order valence-corrected chi connectivity index (χ0v) is 18.7. The Balaban J connectivity index is 1.66. The lowest BCUT2D eigenvalue weighted by atomic mass is 9.84. The van der Waals surface area contributed by atoms with Crippen LogP contribution >= 0.6 is 0 Å². The zero-order chi connectivity index (χ0) is 22.7. The number of nitrogens with one attached hydrogen (secondary N) is 1. The third-order valence-electron chi connectivity index (χ3n) is 6.98. The highest BCUT2D eigenvalue weighted by Gasteiger charge is 2.27. The van der Waals surface area contributed by atoms with Gasteiger partial charge in [0.05, 0.1) is 5.56 Å². The zero-order valence-electron chi connectivity index (χ0n) is 18.7. The average molecular weight is 439 g/mol. The fourth-order valence-corrected chi connectivity index (χ4v) is 5.10. The molecule has 3 atom stereocenters. The number of rotatable bonds is 5. The Morgan fingerprint density at radius 2 is 1.94 bits per heavy atom. The van der Waals surface area contributed by atoms with Crippen molar-refractivity contribution < 1.29 is 8.78 Å². The van der Waals surface area contributed by atoms with Gasteiger partial charge in [-0.15, -0.1) is 0 Å². The normalized spacial score (nSPS) is 24.3. The minimum absolute atomic E-state index is 0.0341. The molecule has 1 saturated carbocycles. The van der Waals surface area contributed by atoms with Gasteiger partial charge in [-0.3, -0.25) is 0 Å². The highest BCUT2D eigenvalue weighted by atomic mass is 19.1. The number of hydrogen-bond donors (Lipinski definition) is 2. The quantitative estimate of drug-likeness (QED) is 0.696. The third-order valence-corrected chi connectivity index (χ3v) is 6.98. The molecule has 2 aromatic carbocycles. The molecule has 3 N–H and O–H groups in total. The van der Waals surface area contributed by atoms with Crippen LogP contribution in [0.25, 0.3) is 11.1 Å². The second-order valence-electron chi connectivity index (χ2n) is 9.35. The van der Waals surface area contributed by atoms with Crippen LogP contribution < -0.4 is 16.0 Å². The Hall–Kier alpha value is -2.49. The van der Waals surface area contributed by atoms with Crippen LogP contribution in [0.3, 0.4) is 0 Å². The van der Waals surface area contributed by atoms with Crippen molar-refractivity contribution in [3.8, 4) is 17.2 Å². The minimum Gasteiger partial charge on any atom is -0.371 e. The molecule has 2 fully saturated rings. The highest BCUT2D eigenvalue weighted by molar-refractivity contribution is 5.81. The van der Waals surface area contributed by atoms with Crippen LogP contribution in [0.15, 0.2) is 36.4 Å². The van der Waals surface area contributed by atoms with Gasteiger partial charge in [0.2, 0.25) is 0 Å². The van der Waals surface area contributed by atoms with E-state index in [4.69, 9.17) is 11.0 Å². The molecule has 2 aliphatic rings. The smallest absolute Gasteiger partial charge is 0.141 e. The van der Waals surface area contributed by atoms with E-state index in [9.17, 15) is 8.78 Å². The van der Waals surface area contributed by atoms with Crippen LogP contribution in [0.2, 0.25) is 0 Å². The van der Waals surface area contributed by atoms with E-state index in [2.05, 4.69) is 23.2 Å². The number of benzene rings is 2. The van der Waals surface area contributed by atoms with Crippen molar-refractivity contribution in [2.45, 2.75) is 63.8 Å². The third kappa shape index (κ3) is 4.95. The van der Waals surface area contributed by atoms with Gasteiger partial charge in [-0.05, 0) is 61.3 Å². The highest BCUT2D eigenvalue weighted by Crippen LogP contribution is 2.37. The fraction of sp³-hybridized carbons (Fsp3) is 0.500. The molecular formula is C26H32F2N4. The maximum atomic E-state index is 14.4. The monoisotopic (exact) mass is 438 g/mol. The van der Waals surface area contributed by atoms with Crippen LogP contribution in [-0.4, -0.2) is 31.3 Å². The van der Waals surface area contributed by atoms with Crippen LogP contribution in [0.1, 0.15) is 50.2 Å². The number of para-hydroxylation sites is 1. The molecule has 1 heterocycles. The van der Waals surface area contributed by atoms with Gasteiger partial charge in [-0.2, -0.15) is 5.26 Å². The van der Waals surface area contributed by atoms with Gasteiger partial charge in [-0.1, -0.05) is 31.2 Å². The Morgan fingerprint density at radius 3 is 2.62 bits per heavy atom. The van der Waals surface area contributed by atoms with E-state index < -0.39 is 12.0 Å². The summed E-state index contributed by atoms with van der Waals surface area (Å²) in [5.41, 5.74) is 10.2. The largest absolute Gasteiger partial charge is 0.371 e. The lowest BCUT2D eigenvalue weighted by molar-refractivity contribution is 0.268. The number of hydrogen-bond acceptors (Lipinski definition) is 4. The number of nitrogens with zero attached hydrogens (tertiary/aromatic N) is 2. The molecule has 1 saturated heterocycles. The first-order chi connectivity index (χ1) is 15.5. The number of piperidine rings is 1. The number of nitriles is 1. The van der Waals surface area contributed by atoms with Gasteiger partial charge in [0, 0.05) is 43.0 Å². The molecule has 0 bridgehead atoms. The first-order valence-electron chi connectivity index (χ1n) is 11.7. The minimum atomic E-state index is -0.769. The summed E-state index contributed by atoms with van der Waals surface area (Å²) in [5.74, 6) is 0.138. The number of halogens is 2. The second kappa shape index (κ2) is 9.97. The Bertz CT molecular complexity index is 978. The molecule has 0 aromatic heterocycles. The molecule has 0 radical (unpaired) electrons. The van der Waals surface area contributed by atoms with Crippen molar-refractivity contribution in [3.05, 3.63) is 53.3 Å². The number of anilines is 1. The van der Waals surface area contributed by atoms with E-state index in [1.165, 1.54) is 18.6 Å². The van der Waals surface area contributed by atoms with Crippen LogP contribution in [-0.2, 0) is 6.54 Å². The lowest BCUT2D eigenvalue weighted by Gasteiger charge is -2.36. The molecule has 170 valence electrons. The maximum Gasteiger partial charge on any atom is 0.141 e. The van der Waals surface area contributed by atoms with Gasteiger partial charge in [0.15, 0.2) is 0 Å². The van der Waals surface area contributed by atoms with Crippen molar-refractivity contribution in [2.75, 3.05) is 18.0 Å². The molecule has 6 heteroatoms. The molecule has 1 aliphatic heterocycles. The topological polar surface area (TPSA) is 65.1 Å². The standard InChI is InChI=1S/C26H32F2N4/c1-17-5-8-25(24(30)13-17)31-16-20-3-2-4-22(18-6-7-19(15-29)23(28)14-18)26(20)32-11-9-21(27)10-12-32/h2-4,6-7,14,17,21,24-25,31H,5,8-13,16,30H2,1H3/t17-,24?,25+/m0/s1. The summed E-state index contributed by atoms with van der Waals surface area (Å²) in [4.78, 5) is 2.22. The maximum absolute atomic E-state index is 14.4. The lowest BCUT2D eigenvalue weighted by Crippen LogP contribution is -2.48. The van der Waals surface area contributed by atoms with Crippen molar-refractivity contribution in [1.82, 2.24) is 5.32 Å². The number of nitrogens with two attached hydrogens (primary N) is 1. The summed E-state index contributed by atoms with van der Waals surface area (Å²) in [6, 6.07) is 13.1. The summed E-state index contributed by atoms with van der Waals surface area (Å²) >= 11 is 0. The van der Waals surface area contributed by atoms with Crippen LogP contribution in [0.4, 0.5) is 14.5 Å². The molecule has 4 rings (SSSR count). The number of alkyl halides is 1. The van der Waals surface area contributed by atoms with Gasteiger partial charge < -0.3 is 16.0 Å². The summed E-state index contributed by atoms with van der Waals surface area (Å²) < 4.78 is 28.3. The predicted molar refractivity (Wildman–Crippen MR) is 125 cm³/mol. The molecule has 1 aliphatic carbocycles. The van der Waals surface area contributed by atoms with Gasteiger partial charge in [0.1, 0.15) is 18.1 Å². The SMILES string of the molecule is C[C@H]1CC[C@@H](NCc2cccc(-c3ccc(C#N)c(F)c3)c2N2CCC(F)CC2)C(N)C1. The molecule has 0 amide bonds.